The van der Waals surface area contributed by atoms with Crippen molar-refractivity contribution in [1.29, 1.82) is 0 Å². The molecule has 0 aliphatic rings. The van der Waals surface area contributed by atoms with Gasteiger partial charge in [0.2, 0.25) is 0 Å². The molecule has 9 heteroatoms. The van der Waals surface area contributed by atoms with Crippen LogP contribution in [-0.4, -0.2) is 43.8 Å². The number of nitrogens with zero attached hydrogens (tertiary/aromatic N) is 1. The highest BCUT2D eigenvalue weighted by Crippen LogP contribution is 2.45. The Morgan fingerprint density at radius 1 is 1.08 bits per heavy atom. The number of fused-ring (bicyclic) bond motifs is 2. The Bertz CT molecular complexity index is 1660. The first-order valence-electron chi connectivity index (χ1n) is 11.3. The fraction of sp³-hybridized carbons (Fsp3) is 0.185. The van der Waals surface area contributed by atoms with Gasteiger partial charge in [-0.25, -0.2) is 9.18 Å². The summed E-state index contributed by atoms with van der Waals surface area (Å²) in [5.41, 5.74) is 3.97. The summed E-state index contributed by atoms with van der Waals surface area (Å²) in [6.45, 7) is 3.64. The first-order valence-corrected chi connectivity index (χ1v) is 11.3. The van der Waals surface area contributed by atoms with Crippen molar-refractivity contribution < 1.29 is 28.9 Å². The number of hydrogen-bond acceptors (Lipinski definition) is 3. The number of nitrogens with one attached hydrogen (secondary N) is 2. The van der Waals surface area contributed by atoms with Crippen molar-refractivity contribution in [2.45, 2.75) is 26.3 Å². The van der Waals surface area contributed by atoms with Gasteiger partial charge in [0.15, 0.2) is 0 Å². The predicted molar refractivity (Wildman–Crippen MR) is 134 cm³/mol. The molecule has 36 heavy (non-hydrogen) atoms. The van der Waals surface area contributed by atoms with Crippen molar-refractivity contribution in [1.82, 2.24) is 14.5 Å². The summed E-state index contributed by atoms with van der Waals surface area (Å²) in [7, 11) is 1.49. The van der Waals surface area contributed by atoms with Crippen molar-refractivity contribution in [3.05, 3.63) is 65.9 Å². The van der Waals surface area contributed by atoms with Crippen molar-refractivity contribution >= 4 is 33.7 Å². The number of methoxy groups -OCH3 is 1. The molecule has 0 radical (unpaired) electrons. The fourth-order valence-electron chi connectivity index (χ4n) is 4.96. The molecule has 0 amide bonds. The van der Waals surface area contributed by atoms with E-state index >= 15 is 0 Å². The number of aromatic nitrogens is 3. The Kier molecular flexibility index (Phi) is 5.55. The maximum absolute atomic E-state index is 14.6. The first kappa shape index (κ1) is 23.2. The van der Waals surface area contributed by atoms with E-state index in [0.29, 0.717) is 50.1 Å². The summed E-state index contributed by atoms with van der Waals surface area (Å²) in [4.78, 5) is 30.0. The van der Waals surface area contributed by atoms with Crippen molar-refractivity contribution in [3.63, 3.8) is 0 Å². The average Bonchev–Trinajstić information content (AvgIpc) is 3.54. The van der Waals surface area contributed by atoms with Gasteiger partial charge in [-0.2, -0.15) is 0 Å². The van der Waals surface area contributed by atoms with E-state index in [1.807, 2.05) is 19.9 Å². The summed E-state index contributed by atoms with van der Waals surface area (Å²) >= 11 is 0. The highest BCUT2D eigenvalue weighted by Gasteiger charge is 2.28. The number of hydrogen-bond donors (Lipinski definition) is 4. The minimum Gasteiger partial charge on any atom is -0.497 e. The average molecular weight is 490 g/mol. The van der Waals surface area contributed by atoms with Crippen molar-refractivity contribution in [2.24, 2.45) is 0 Å². The molecule has 0 unspecified atom stereocenters. The first-order chi connectivity index (χ1) is 17.2. The van der Waals surface area contributed by atoms with E-state index in [1.165, 1.54) is 19.2 Å². The normalized spacial score (nSPS) is 11.6. The zero-order chi connectivity index (χ0) is 25.7. The molecule has 3 aromatic heterocycles. The van der Waals surface area contributed by atoms with E-state index in [1.54, 1.807) is 35.2 Å². The molecule has 0 aliphatic carbocycles. The second-order valence-corrected chi connectivity index (χ2v) is 8.96. The molecule has 0 bridgehead atoms. The fourth-order valence-corrected chi connectivity index (χ4v) is 4.96. The molecular weight excluding hydrogens is 465 g/mol. The SMILES string of the molecule is COc1cc(-c2c(C(=O)O)[nH]c(-c3cc(F)cc4[nH]ccc34)c2C(C)C)c2ccn(CC(=O)O)c2c1. The van der Waals surface area contributed by atoms with Crippen LogP contribution in [0.4, 0.5) is 4.39 Å². The van der Waals surface area contributed by atoms with Crippen LogP contribution < -0.4 is 4.74 Å². The lowest BCUT2D eigenvalue weighted by Crippen LogP contribution is -2.07. The van der Waals surface area contributed by atoms with E-state index in [-0.39, 0.29) is 18.2 Å². The highest BCUT2D eigenvalue weighted by atomic mass is 19.1. The zero-order valence-corrected chi connectivity index (χ0v) is 19.8. The van der Waals surface area contributed by atoms with Gasteiger partial charge in [-0.3, -0.25) is 4.79 Å². The van der Waals surface area contributed by atoms with Crippen LogP contribution in [0.15, 0.2) is 48.8 Å². The molecule has 2 aromatic carbocycles. The molecule has 0 aliphatic heterocycles. The number of aromatic carboxylic acids is 1. The van der Waals surface area contributed by atoms with Crippen LogP contribution in [-0.2, 0) is 11.3 Å². The molecule has 3 heterocycles. The van der Waals surface area contributed by atoms with Crippen LogP contribution in [0.25, 0.3) is 44.2 Å². The minimum atomic E-state index is -1.17. The minimum absolute atomic E-state index is 0.0396. The molecule has 0 saturated heterocycles. The van der Waals surface area contributed by atoms with E-state index in [0.717, 1.165) is 5.39 Å². The number of carboxylic acids is 2. The maximum Gasteiger partial charge on any atom is 0.352 e. The van der Waals surface area contributed by atoms with Gasteiger partial charge in [0, 0.05) is 45.9 Å². The molecule has 0 fully saturated rings. The van der Waals surface area contributed by atoms with E-state index in [9.17, 15) is 24.2 Å². The molecular formula is C27H24FN3O5. The van der Waals surface area contributed by atoms with Crippen LogP contribution >= 0.6 is 0 Å². The van der Waals surface area contributed by atoms with Crippen LogP contribution in [0.5, 0.6) is 5.75 Å². The largest absolute Gasteiger partial charge is 0.497 e. The molecule has 0 atom stereocenters. The van der Waals surface area contributed by atoms with Gasteiger partial charge in [-0.15, -0.1) is 0 Å². The lowest BCUT2D eigenvalue weighted by molar-refractivity contribution is -0.137. The highest BCUT2D eigenvalue weighted by molar-refractivity contribution is 6.07. The summed E-state index contributed by atoms with van der Waals surface area (Å²) in [6.07, 6.45) is 3.36. The Morgan fingerprint density at radius 3 is 2.53 bits per heavy atom. The second-order valence-electron chi connectivity index (χ2n) is 8.96. The smallest absolute Gasteiger partial charge is 0.352 e. The topological polar surface area (TPSA) is 120 Å². The molecule has 5 aromatic rings. The quantitative estimate of drug-likeness (QED) is 0.229. The monoisotopic (exact) mass is 489 g/mol. The molecule has 184 valence electrons. The number of aliphatic carboxylic acids is 1. The maximum atomic E-state index is 14.6. The van der Waals surface area contributed by atoms with Gasteiger partial charge in [0.25, 0.3) is 0 Å². The standard InChI is InChI=1S/C27H24FN3O5/c1-13(2)23-24(18-10-15(36-3)11-21-17(18)5-7-31(21)12-22(32)33)26(27(34)35)30-25(23)19-8-14(28)9-20-16(19)4-6-29-20/h4-11,13,29-30H,12H2,1-3H3,(H,32,33)(H,34,35). The van der Waals surface area contributed by atoms with E-state index in [2.05, 4.69) is 9.97 Å². The van der Waals surface area contributed by atoms with Crippen LogP contribution in [0.1, 0.15) is 35.8 Å². The molecule has 5 rings (SSSR count). The zero-order valence-electron chi connectivity index (χ0n) is 19.8. The third-order valence-corrected chi connectivity index (χ3v) is 6.41. The summed E-state index contributed by atoms with van der Waals surface area (Å²) in [5, 5.41) is 21.0. The molecule has 0 spiro atoms. The van der Waals surface area contributed by atoms with Crippen LogP contribution in [0.2, 0.25) is 0 Å². The number of aromatic amines is 2. The molecule has 0 saturated carbocycles. The number of halogens is 1. The van der Waals surface area contributed by atoms with Crippen molar-refractivity contribution in [3.8, 4) is 28.1 Å². The summed E-state index contributed by atoms with van der Waals surface area (Å²) in [6, 6.07) is 9.85. The second kappa shape index (κ2) is 8.60. The van der Waals surface area contributed by atoms with E-state index in [4.69, 9.17) is 4.74 Å². The molecule has 4 N–H and O–H groups in total. The van der Waals surface area contributed by atoms with Crippen LogP contribution in [0, 0.1) is 5.82 Å². The van der Waals surface area contributed by atoms with Gasteiger partial charge in [0.1, 0.15) is 23.8 Å². The predicted octanol–water partition coefficient (Wildman–Crippen LogP) is 5.84. The third kappa shape index (κ3) is 3.69. The van der Waals surface area contributed by atoms with Gasteiger partial charge in [-0.05, 0) is 47.4 Å². The third-order valence-electron chi connectivity index (χ3n) is 6.41. The van der Waals surface area contributed by atoms with Gasteiger partial charge in [-0.1, -0.05) is 13.8 Å². The molecule has 8 nitrogen and oxygen atoms in total. The number of benzene rings is 2. The van der Waals surface area contributed by atoms with Gasteiger partial charge in [0.05, 0.1) is 18.3 Å². The van der Waals surface area contributed by atoms with Gasteiger partial charge < -0.3 is 29.5 Å². The Hall–Kier alpha value is -4.53. The summed E-state index contributed by atoms with van der Waals surface area (Å²) in [5.74, 6) is -2.30. The van der Waals surface area contributed by atoms with Crippen molar-refractivity contribution in [2.75, 3.05) is 7.11 Å². The number of rotatable bonds is 7. The number of carboxylic acid groups (broad SMARTS) is 2. The van der Waals surface area contributed by atoms with E-state index < -0.39 is 17.8 Å². The number of H-pyrrole nitrogens is 2. The Labute approximate surface area is 204 Å². The van der Waals surface area contributed by atoms with Gasteiger partial charge >= 0.3 is 11.9 Å². The lowest BCUT2D eigenvalue weighted by Gasteiger charge is -2.15. The summed E-state index contributed by atoms with van der Waals surface area (Å²) < 4.78 is 21.6. The van der Waals surface area contributed by atoms with Crippen LogP contribution in [0.3, 0.4) is 0 Å². The Balaban J connectivity index is 1.89. The Morgan fingerprint density at radius 2 is 1.86 bits per heavy atom. The lowest BCUT2D eigenvalue weighted by atomic mass is 9.89. The number of ether oxygens (including phenoxy) is 1. The number of carbonyl (C=O) groups is 2.